The van der Waals surface area contributed by atoms with E-state index < -0.39 is 19.5 Å². The molecule has 0 aromatic carbocycles. The Kier molecular flexibility index (Phi) is 5.29. The first-order valence-electron chi connectivity index (χ1n) is 5.05. The molecule has 0 aromatic heterocycles. The van der Waals surface area contributed by atoms with E-state index in [1.54, 1.807) is 0 Å². The van der Waals surface area contributed by atoms with Crippen LogP contribution in [0.15, 0.2) is 11.4 Å². The lowest BCUT2D eigenvalue weighted by Gasteiger charge is -2.23. The third kappa shape index (κ3) is 10.2. The van der Waals surface area contributed by atoms with Gasteiger partial charge in [-0.2, -0.15) is 0 Å². The SMILES string of the molecule is C=C([SiH2]OC(C)(C)C)[SiH2]OC(C)(C)C. The summed E-state index contributed by atoms with van der Waals surface area (Å²) in [5, 5.41) is 0. The van der Waals surface area contributed by atoms with Gasteiger partial charge in [0, 0.05) is 11.2 Å². The van der Waals surface area contributed by atoms with Crippen LogP contribution < -0.4 is 0 Å². The summed E-state index contributed by atoms with van der Waals surface area (Å²) < 4.78 is 11.5. The summed E-state index contributed by atoms with van der Waals surface area (Å²) in [5.41, 5.74) is -0.0451. The molecule has 84 valence electrons. The molecular formula is C10H24O2Si2. The van der Waals surface area contributed by atoms with E-state index in [4.69, 9.17) is 8.85 Å². The minimum absolute atomic E-state index is 0.0225. The summed E-state index contributed by atoms with van der Waals surface area (Å²) in [6, 6.07) is 0. The van der Waals surface area contributed by atoms with Crippen LogP contribution in [-0.2, 0) is 8.85 Å². The highest BCUT2D eigenvalue weighted by Gasteiger charge is 2.13. The zero-order valence-corrected chi connectivity index (χ0v) is 13.3. The van der Waals surface area contributed by atoms with Gasteiger partial charge in [0.2, 0.25) is 0 Å². The first-order valence-corrected chi connectivity index (χ1v) is 7.62. The molecule has 0 aliphatic carbocycles. The molecule has 0 radical (unpaired) electrons. The second-order valence-electron chi connectivity index (χ2n) is 5.55. The second-order valence-corrected chi connectivity index (χ2v) is 9.71. The van der Waals surface area contributed by atoms with E-state index in [0.717, 1.165) is 0 Å². The minimum atomic E-state index is -0.595. The van der Waals surface area contributed by atoms with Crippen LogP contribution in [-0.4, -0.2) is 30.7 Å². The summed E-state index contributed by atoms with van der Waals surface area (Å²) in [5.74, 6) is 0. The second kappa shape index (κ2) is 5.25. The molecule has 0 saturated carbocycles. The molecule has 0 atom stereocenters. The van der Waals surface area contributed by atoms with Crippen molar-refractivity contribution >= 4 is 19.5 Å². The van der Waals surface area contributed by atoms with Crippen LogP contribution in [0.2, 0.25) is 0 Å². The summed E-state index contributed by atoms with van der Waals surface area (Å²) >= 11 is 0. The van der Waals surface area contributed by atoms with Crippen molar-refractivity contribution in [1.82, 2.24) is 0 Å². The molecule has 0 saturated heterocycles. The van der Waals surface area contributed by atoms with Gasteiger partial charge in [-0.05, 0) is 41.5 Å². The Morgan fingerprint density at radius 2 is 1.14 bits per heavy atom. The topological polar surface area (TPSA) is 18.5 Å². The summed E-state index contributed by atoms with van der Waals surface area (Å²) in [4.78, 5) is 1.26. The fourth-order valence-electron chi connectivity index (χ4n) is 0.679. The van der Waals surface area contributed by atoms with Crippen LogP contribution in [0.25, 0.3) is 0 Å². The van der Waals surface area contributed by atoms with Gasteiger partial charge in [0.25, 0.3) is 0 Å². The van der Waals surface area contributed by atoms with E-state index in [1.165, 1.54) is 4.82 Å². The predicted molar refractivity (Wildman–Crippen MR) is 67.9 cm³/mol. The maximum absolute atomic E-state index is 5.75. The molecular weight excluding hydrogens is 208 g/mol. The third-order valence-corrected chi connectivity index (χ3v) is 5.48. The van der Waals surface area contributed by atoms with Gasteiger partial charge in [0.1, 0.15) is 0 Å². The fourth-order valence-corrected chi connectivity index (χ4v) is 2.90. The van der Waals surface area contributed by atoms with Crippen molar-refractivity contribution in [1.29, 1.82) is 0 Å². The molecule has 0 aliphatic heterocycles. The van der Waals surface area contributed by atoms with E-state index in [2.05, 4.69) is 48.1 Å². The summed E-state index contributed by atoms with van der Waals surface area (Å²) in [7, 11) is -1.19. The average Bonchev–Trinajstić information content (AvgIpc) is 1.94. The van der Waals surface area contributed by atoms with Crippen LogP contribution in [0, 0.1) is 0 Å². The molecule has 4 heteroatoms. The molecule has 0 rings (SSSR count). The molecule has 0 N–H and O–H groups in total. The van der Waals surface area contributed by atoms with Gasteiger partial charge in [-0.15, -0.1) is 6.58 Å². The lowest BCUT2D eigenvalue weighted by molar-refractivity contribution is 0.136. The quantitative estimate of drug-likeness (QED) is 0.680. The van der Waals surface area contributed by atoms with Gasteiger partial charge in [0.15, 0.2) is 19.5 Å². The largest absolute Gasteiger partial charge is 0.415 e. The van der Waals surface area contributed by atoms with Crippen LogP contribution in [0.4, 0.5) is 0 Å². The van der Waals surface area contributed by atoms with Crippen molar-refractivity contribution < 1.29 is 8.85 Å². The molecule has 14 heavy (non-hydrogen) atoms. The van der Waals surface area contributed by atoms with Gasteiger partial charge in [-0.25, -0.2) is 0 Å². The van der Waals surface area contributed by atoms with E-state index in [1.807, 2.05) is 0 Å². The highest BCUT2D eigenvalue weighted by molar-refractivity contribution is 6.63. The van der Waals surface area contributed by atoms with Gasteiger partial charge in [-0.1, -0.05) is 4.82 Å². The smallest absolute Gasteiger partial charge is 0.186 e. The molecule has 0 heterocycles. The van der Waals surface area contributed by atoms with E-state index in [9.17, 15) is 0 Å². The first-order chi connectivity index (χ1) is 6.10. The molecule has 0 fully saturated rings. The standard InChI is InChI=1S/C10H24O2Si2/c1-8(13-11-9(2,3)4)14-12-10(5,6)7/h1,13-14H2,2-7H3. The van der Waals surface area contributed by atoms with E-state index in [0.29, 0.717) is 0 Å². The van der Waals surface area contributed by atoms with Crippen molar-refractivity contribution in [2.24, 2.45) is 0 Å². The number of hydrogen-bond donors (Lipinski definition) is 0. The Balaban J connectivity index is 3.68. The van der Waals surface area contributed by atoms with E-state index >= 15 is 0 Å². The third-order valence-electron chi connectivity index (χ3n) is 1.42. The van der Waals surface area contributed by atoms with Gasteiger partial charge in [-0.3, -0.25) is 0 Å². The molecule has 0 aliphatic rings. The lowest BCUT2D eigenvalue weighted by Crippen LogP contribution is -2.27. The fraction of sp³-hybridized carbons (Fsp3) is 0.800. The average molecular weight is 232 g/mol. The summed E-state index contributed by atoms with van der Waals surface area (Å²) in [6.45, 7) is 16.5. The van der Waals surface area contributed by atoms with Crippen molar-refractivity contribution in [2.75, 3.05) is 0 Å². The van der Waals surface area contributed by atoms with Crippen LogP contribution >= 0.6 is 0 Å². The summed E-state index contributed by atoms with van der Waals surface area (Å²) in [6.07, 6.45) is 0. The van der Waals surface area contributed by atoms with Crippen LogP contribution in [0.1, 0.15) is 41.5 Å². The highest BCUT2D eigenvalue weighted by Crippen LogP contribution is 2.09. The van der Waals surface area contributed by atoms with Gasteiger partial charge < -0.3 is 8.85 Å². The maximum Gasteiger partial charge on any atom is 0.186 e. The van der Waals surface area contributed by atoms with Crippen molar-refractivity contribution in [3.8, 4) is 0 Å². The molecule has 0 aromatic rings. The predicted octanol–water partition coefficient (Wildman–Crippen LogP) is 1.26. The number of hydrogen-bond acceptors (Lipinski definition) is 2. The minimum Gasteiger partial charge on any atom is -0.415 e. The van der Waals surface area contributed by atoms with Gasteiger partial charge >= 0.3 is 0 Å². The molecule has 2 nitrogen and oxygen atoms in total. The first kappa shape index (κ1) is 14.1. The Morgan fingerprint density at radius 3 is 1.36 bits per heavy atom. The zero-order valence-electron chi connectivity index (χ0n) is 10.4. The Bertz CT molecular complexity index is 169. The molecule has 0 spiro atoms. The Morgan fingerprint density at radius 1 is 0.857 bits per heavy atom. The molecule has 0 unspecified atom stereocenters. The Hall–Kier alpha value is 0.0938. The molecule has 0 amide bonds. The monoisotopic (exact) mass is 232 g/mol. The van der Waals surface area contributed by atoms with E-state index in [-0.39, 0.29) is 11.2 Å². The van der Waals surface area contributed by atoms with Crippen molar-refractivity contribution in [3.63, 3.8) is 0 Å². The Labute approximate surface area is 93.0 Å². The zero-order chi connectivity index (χ0) is 11.4. The van der Waals surface area contributed by atoms with Crippen molar-refractivity contribution in [3.05, 3.63) is 11.4 Å². The lowest BCUT2D eigenvalue weighted by atomic mass is 10.2. The van der Waals surface area contributed by atoms with Crippen LogP contribution in [0.5, 0.6) is 0 Å². The normalized spacial score (nSPS) is 14.7. The maximum atomic E-state index is 5.75. The number of rotatable bonds is 4. The highest BCUT2D eigenvalue weighted by atomic mass is 28.3. The van der Waals surface area contributed by atoms with Crippen LogP contribution in [0.3, 0.4) is 0 Å². The van der Waals surface area contributed by atoms with Crippen molar-refractivity contribution in [2.45, 2.75) is 52.7 Å². The molecule has 0 bridgehead atoms. The van der Waals surface area contributed by atoms with Gasteiger partial charge in [0.05, 0.1) is 0 Å².